The Hall–Kier alpha value is -2.08. The number of anilines is 1. The van der Waals surface area contributed by atoms with E-state index in [2.05, 4.69) is 10.7 Å². The molecule has 0 atom stereocenters. The Morgan fingerprint density at radius 3 is 2.13 bits per heavy atom. The largest absolute Gasteiger partial charge is 0.444 e. The number of benzene rings is 1. The van der Waals surface area contributed by atoms with Gasteiger partial charge in [0, 0.05) is 6.54 Å². The molecule has 0 aromatic heterocycles. The molecule has 0 aliphatic rings. The molecule has 6 heteroatoms. The summed E-state index contributed by atoms with van der Waals surface area (Å²) in [5.74, 6) is -0.281. The molecule has 0 saturated heterocycles. The minimum Gasteiger partial charge on any atom is -0.444 e. The van der Waals surface area contributed by atoms with Crippen LogP contribution < -0.4 is 15.8 Å². The number of nitrogens with one attached hydrogen (secondary N) is 2. The number of carbonyl (C=O) groups excluding carboxylic acids is 2. The Labute approximate surface area is 138 Å². The lowest BCUT2D eigenvalue weighted by Gasteiger charge is -2.33. The fourth-order valence-corrected chi connectivity index (χ4v) is 1.91. The minimum atomic E-state index is -1.12. The Morgan fingerprint density at radius 2 is 1.65 bits per heavy atom. The Balaban J connectivity index is 2.91. The zero-order valence-corrected chi connectivity index (χ0v) is 14.8. The molecule has 0 radical (unpaired) electrons. The second-order valence-corrected chi connectivity index (χ2v) is 6.74. The van der Waals surface area contributed by atoms with Gasteiger partial charge in [-0.1, -0.05) is 25.1 Å². The molecule has 1 aromatic rings. The van der Waals surface area contributed by atoms with Crippen LogP contribution in [0.3, 0.4) is 0 Å². The molecule has 0 unspecified atom stereocenters. The number of hydrogen-bond donors (Lipinski definition) is 2. The second-order valence-electron chi connectivity index (χ2n) is 6.74. The van der Waals surface area contributed by atoms with Gasteiger partial charge in [-0.2, -0.15) is 0 Å². The maximum absolute atomic E-state index is 12.8. The minimum absolute atomic E-state index is 0.281. The van der Waals surface area contributed by atoms with E-state index < -0.39 is 17.2 Å². The molecule has 0 spiro atoms. The molecular weight excluding hydrogens is 294 g/mol. The summed E-state index contributed by atoms with van der Waals surface area (Å²) < 4.78 is 5.23. The van der Waals surface area contributed by atoms with Crippen molar-refractivity contribution in [3.05, 3.63) is 30.3 Å². The maximum Gasteiger partial charge on any atom is 0.408 e. The van der Waals surface area contributed by atoms with E-state index in [1.165, 1.54) is 5.01 Å². The topological polar surface area (TPSA) is 70.7 Å². The van der Waals surface area contributed by atoms with Crippen LogP contribution in [0.25, 0.3) is 0 Å². The van der Waals surface area contributed by atoms with Crippen LogP contribution in [0, 0.1) is 0 Å². The van der Waals surface area contributed by atoms with Gasteiger partial charge in [0.25, 0.3) is 5.91 Å². The number of alkyl carbamates (subject to hydrolysis) is 1. The fourth-order valence-electron chi connectivity index (χ4n) is 1.91. The van der Waals surface area contributed by atoms with Crippen LogP contribution in [-0.2, 0) is 9.53 Å². The lowest BCUT2D eigenvalue weighted by Crippen LogP contribution is -2.60. The molecule has 0 aliphatic heterocycles. The van der Waals surface area contributed by atoms with Gasteiger partial charge in [0.1, 0.15) is 11.1 Å². The van der Waals surface area contributed by atoms with Crippen molar-refractivity contribution in [2.45, 2.75) is 52.7 Å². The highest BCUT2D eigenvalue weighted by molar-refractivity contribution is 6.00. The number of ether oxygens (including phenoxy) is 1. The SMILES string of the molecule is CCNN(C(=O)C(C)(C)NC(=O)OC(C)(C)C)c1ccccc1. The van der Waals surface area contributed by atoms with Crippen LogP contribution in [0.15, 0.2) is 30.3 Å². The molecule has 2 amide bonds. The van der Waals surface area contributed by atoms with Crippen molar-refractivity contribution < 1.29 is 14.3 Å². The molecule has 0 bridgehead atoms. The highest BCUT2D eigenvalue weighted by Gasteiger charge is 2.35. The quantitative estimate of drug-likeness (QED) is 0.818. The third-order valence-corrected chi connectivity index (χ3v) is 2.88. The maximum atomic E-state index is 12.8. The Bertz CT molecular complexity index is 536. The lowest BCUT2D eigenvalue weighted by molar-refractivity contribution is -0.124. The first-order valence-electron chi connectivity index (χ1n) is 7.71. The normalized spacial score (nSPS) is 11.7. The molecule has 23 heavy (non-hydrogen) atoms. The molecule has 6 nitrogen and oxygen atoms in total. The third-order valence-electron chi connectivity index (χ3n) is 2.88. The van der Waals surface area contributed by atoms with Crippen LogP contribution in [-0.4, -0.2) is 29.7 Å². The van der Waals surface area contributed by atoms with E-state index in [-0.39, 0.29) is 5.91 Å². The summed E-state index contributed by atoms with van der Waals surface area (Å²) >= 11 is 0. The van der Waals surface area contributed by atoms with Crippen molar-refractivity contribution in [1.82, 2.24) is 10.7 Å². The van der Waals surface area contributed by atoms with Gasteiger partial charge in [0.2, 0.25) is 0 Å². The molecule has 2 N–H and O–H groups in total. The van der Waals surface area contributed by atoms with Gasteiger partial charge in [-0.25, -0.2) is 15.2 Å². The summed E-state index contributed by atoms with van der Waals surface area (Å²) in [7, 11) is 0. The first-order valence-corrected chi connectivity index (χ1v) is 7.71. The van der Waals surface area contributed by atoms with Crippen LogP contribution in [0.4, 0.5) is 10.5 Å². The monoisotopic (exact) mass is 321 g/mol. The van der Waals surface area contributed by atoms with Crippen LogP contribution in [0.1, 0.15) is 41.5 Å². The number of para-hydroxylation sites is 1. The summed E-state index contributed by atoms with van der Waals surface area (Å²) in [6.45, 7) is 11.1. The molecule has 0 aliphatic carbocycles. The highest BCUT2D eigenvalue weighted by Crippen LogP contribution is 2.17. The highest BCUT2D eigenvalue weighted by atomic mass is 16.6. The van der Waals surface area contributed by atoms with Gasteiger partial charge < -0.3 is 10.1 Å². The summed E-state index contributed by atoms with van der Waals surface area (Å²) in [5, 5.41) is 4.07. The predicted octanol–water partition coefficient (Wildman–Crippen LogP) is 2.85. The smallest absolute Gasteiger partial charge is 0.408 e. The average Bonchev–Trinajstić information content (AvgIpc) is 2.42. The van der Waals surface area contributed by atoms with Crippen molar-refractivity contribution in [1.29, 1.82) is 0 Å². The molecule has 1 aromatic carbocycles. The number of amides is 2. The second kappa shape index (κ2) is 7.46. The molecule has 128 valence electrons. The molecule has 0 saturated carbocycles. The summed E-state index contributed by atoms with van der Waals surface area (Å²) in [6.07, 6.45) is -0.625. The molecule has 0 heterocycles. The van der Waals surface area contributed by atoms with E-state index in [0.717, 1.165) is 0 Å². The summed E-state index contributed by atoms with van der Waals surface area (Å²) in [4.78, 5) is 24.8. The zero-order chi connectivity index (χ0) is 17.7. The third kappa shape index (κ3) is 5.90. The van der Waals surface area contributed by atoms with Crippen LogP contribution in [0.5, 0.6) is 0 Å². The van der Waals surface area contributed by atoms with E-state index in [1.54, 1.807) is 34.6 Å². The standard InChI is InChI=1S/C17H27N3O3/c1-7-18-20(13-11-9-8-10-12-13)14(21)17(5,6)19-15(22)23-16(2,3)4/h8-12,18H,7H2,1-6H3,(H,19,22). The van der Waals surface area contributed by atoms with E-state index in [9.17, 15) is 9.59 Å². The van der Waals surface area contributed by atoms with Crippen LogP contribution in [0.2, 0.25) is 0 Å². The van der Waals surface area contributed by atoms with Gasteiger partial charge >= 0.3 is 6.09 Å². The van der Waals surface area contributed by atoms with Crippen molar-refractivity contribution in [3.8, 4) is 0 Å². The van der Waals surface area contributed by atoms with E-state index in [1.807, 2.05) is 37.3 Å². The van der Waals surface area contributed by atoms with E-state index >= 15 is 0 Å². The van der Waals surface area contributed by atoms with Crippen molar-refractivity contribution in [3.63, 3.8) is 0 Å². The van der Waals surface area contributed by atoms with Crippen LogP contribution >= 0.6 is 0 Å². The fraction of sp³-hybridized carbons (Fsp3) is 0.529. The van der Waals surface area contributed by atoms with Crippen molar-refractivity contribution in [2.75, 3.05) is 11.6 Å². The Morgan fingerprint density at radius 1 is 1.09 bits per heavy atom. The number of carbonyl (C=O) groups is 2. The number of rotatable bonds is 5. The van der Waals surface area contributed by atoms with Gasteiger partial charge in [-0.15, -0.1) is 0 Å². The summed E-state index contributed by atoms with van der Waals surface area (Å²) in [6, 6.07) is 9.22. The first kappa shape index (κ1) is 19.0. The Kier molecular flexibility index (Phi) is 6.15. The predicted molar refractivity (Wildman–Crippen MR) is 91.1 cm³/mol. The number of nitrogens with zero attached hydrogens (tertiary/aromatic N) is 1. The summed E-state index contributed by atoms with van der Waals surface area (Å²) in [5.41, 5.74) is 1.98. The van der Waals surface area contributed by atoms with E-state index in [4.69, 9.17) is 4.74 Å². The van der Waals surface area contributed by atoms with E-state index in [0.29, 0.717) is 12.2 Å². The lowest BCUT2D eigenvalue weighted by atomic mass is 10.0. The molecule has 1 rings (SSSR count). The van der Waals surface area contributed by atoms with Gasteiger partial charge in [-0.3, -0.25) is 4.79 Å². The van der Waals surface area contributed by atoms with Gasteiger partial charge in [-0.05, 0) is 46.8 Å². The zero-order valence-electron chi connectivity index (χ0n) is 14.8. The molecular formula is C17H27N3O3. The number of hydrogen-bond acceptors (Lipinski definition) is 4. The first-order chi connectivity index (χ1) is 10.6. The van der Waals surface area contributed by atoms with Gasteiger partial charge in [0.05, 0.1) is 5.69 Å². The number of hydrazine groups is 1. The molecule has 0 fully saturated rings. The average molecular weight is 321 g/mol. The van der Waals surface area contributed by atoms with Crippen molar-refractivity contribution in [2.24, 2.45) is 0 Å². The van der Waals surface area contributed by atoms with Gasteiger partial charge in [0.15, 0.2) is 0 Å². The van der Waals surface area contributed by atoms with Crippen molar-refractivity contribution >= 4 is 17.7 Å².